The van der Waals surface area contributed by atoms with Crippen molar-refractivity contribution in [2.45, 2.75) is 39.5 Å². The lowest BCUT2D eigenvalue weighted by atomic mass is 9.68. The molecule has 0 radical (unpaired) electrons. The maximum Gasteiger partial charge on any atom is 0.417 e. The molecule has 1 unspecified atom stereocenters. The van der Waals surface area contributed by atoms with Gasteiger partial charge in [-0.25, -0.2) is 4.79 Å². The summed E-state index contributed by atoms with van der Waals surface area (Å²) in [5, 5.41) is 2.97. The van der Waals surface area contributed by atoms with Crippen molar-refractivity contribution in [1.82, 2.24) is 4.98 Å². The van der Waals surface area contributed by atoms with Crippen LogP contribution in [-0.2, 0) is 4.79 Å². The van der Waals surface area contributed by atoms with E-state index in [1.165, 1.54) is 6.42 Å². The number of aromatic amines is 1. The van der Waals surface area contributed by atoms with Crippen molar-refractivity contribution in [2.24, 2.45) is 11.3 Å². The number of benzene rings is 1. The van der Waals surface area contributed by atoms with Crippen LogP contribution in [-0.4, -0.2) is 10.9 Å². The fourth-order valence-corrected chi connectivity index (χ4v) is 3.24. The Hall–Kier alpha value is -2.04. The van der Waals surface area contributed by atoms with Crippen LogP contribution >= 0.6 is 0 Å². The summed E-state index contributed by atoms with van der Waals surface area (Å²) in [4.78, 5) is 26.3. The lowest BCUT2D eigenvalue weighted by Gasteiger charge is -2.37. The van der Waals surface area contributed by atoms with Crippen LogP contribution in [0.2, 0.25) is 0 Å². The lowest BCUT2D eigenvalue weighted by molar-refractivity contribution is -0.124. The molecule has 0 aliphatic heterocycles. The molecule has 2 aromatic rings. The number of aromatic nitrogens is 1. The summed E-state index contributed by atoms with van der Waals surface area (Å²) >= 11 is 0. The van der Waals surface area contributed by atoms with Crippen molar-refractivity contribution in [3.63, 3.8) is 0 Å². The summed E-state index contributed by atoms with van der Waals surface area (Å²) in [6.07, 6.45) is 4.32. The van der Waals surface area contributed by atoms with E-state index in [1.54, 1.807) is 18.2 Å². The number of carbonyl (C=O) groups is 1. The lowest BCUT2D eigenvalue weighted by Crippen LogP contribution is -2.37. The van der Waals surface area contributed by atoms with Crippen LogP contribution in [0.15, 0.2) is 27.4 Å². The van der Waals surface area contributed by atoms with Crippen molar-refractivity contribution < 1.29 is 9.21 Å². The largest absolute Gasteiger partial charge is 0.417 e. The maximum atomic E-state index is 12.5. The molecule has 1 saturated carbocycles. The van der Waals surface area contributed by atoms with E-state index in [-0.39, 0.29) is 17.2 Å². The first kappa shape index (κ1) is 13.9. The predicted octanol–water partition coefficient (Wildman–Crippen LogP) is 3.28. The van der Waals surface area contributed by atoms with Gasteiger partial charge in [-0.1, -0.05) is 26.7 Å². The number of fused-ring (bicyclic) bond motifs is 1. The molecule has 0 bridgehead atoms. The number of amides is 1. The molecule has 112 valence electrons. The summed E-state index contributed by atoms with van der Waals surface area (Å²) in [7, 11) is 0. The van der Waals surface area contributed by atoms with Gasteiger partial charge in [-0.3, -0.25) is 9.78 Å². The van der Waals surface area contributed by atoms with Gasteiger partial charge in [0, 0.05) is 11.6 Å². The number of carbonyl (C=O) groups excluding carboxylic acids is 1. The highest BCUT2D eigenvalue weighted by Gasteiger charge is 2.37. The molecule has 1 heterocycles. The molecule has 5 nitrogen and oxygen atoms in total. The number of oxazole rings is 1. The third-order valence-corrected chi connectivity index (χ3v) is 4.51. The number of hydrogen-bond acceptors (Lipinski definition) is 3. The zero-order valence-corrected chi connectivity index (χ0v) is 12.4. The zero-order valence-electron chi connectivity index (χ0n) is 12.4. The summed E-state index contributed by atoms with van der Waals surface area (Å²) in [6.45, 7) is 4.32. The van der Waals surface area contributed by atoms with Gasteiger partial charge in [0.05, 0.1) is 5.52 Å². The Morgan fingerprint density at radius 1 is 1.38 bits per heavy atom. The molecule has 21 heavy (non-hydrogen) atoms. The van der Waals surface area contributed by atoms with Gasteiger partial charge in [0.1, 0.15) is 0 Å². The van der Waals surface area contributed by atoms with Crippen molar-refractivity contribution in [1.29, 1.82) is 0 Å². The molecule has 1 atom stereocenters. The maximum absolute atomic E-state index is 12.5. The van der Waals surface area contributed by atoms with Gasteiger partial charge in [-0.05, 0) is 36.5 Å². The van der Waals surface area contributed by atoms with E-state index < -0.39 is 5.76 Å². The van der Waals surface area contributed by atoms with E-state index in [0.29, 0.717) is 16.8 Å². The molecular weight excluding hydrogens is 268 g/mol. The first-order valence-electron chi connectivity index (χ1n) is 7.39. The number of anilines is 1. The third kappa shape index (κ3) is 2.73. The molecule has 1 aliphatic rings. The number of hydrogen-bond donors (Lipinski definition) is 2. The van der Waals surface area contributed by atoms with Crippen LogP contribution < -0.4 is 11.1 Å². The fraction of sp³-hybridized carbons (Fsp3) is 0.500. The Balaban J connectivity index is 1.80. The highest BCUT2D eigenvalue weighted by Crippen LogP contribution is 2.41. The van der Waals surface area contributed by atoms with Gasteiger partial charge in [0.25, 0.3) is 0 Å². The van der Waals surface area contributed by atoms with Crippen LogP contribution in [0.3, 0.4) is 0 Å². The Bertz CT molecular complexity index is 726. The minimum atomic E-state index is -0.484. The van der Waals surface area contributed by atoms with E-state index in [2.05, 4.69) is 24.1 Å². The zero-order chi connectivity index (χ0) is 15.0. The predicted molar refractivity (Wildman–Crippen MR) is 81.2 cm³/mol. The quantitative estimate of drug-likeness (QED) is 0.890. The van der Waals surface area contributed by atoms with Crippen LogP contribution in [0.4, 0.5) is 5.69 Å². The van der Waals surface area contributed by atoms with Crippen LogP contribution in [0.25, 0.3) is 11.1 Å². The van der Waals surface area contributed by atoms with E-state index in [9.17, 15) is 9.59 Å². The summed E-state index contributed by atoms with van der Waals surface area (Å²) < 4.78 is 4.95. The molecule has 1 fully saturated rings. The smallest absolute Gasteiger partial charge is 0.408 e. The van der Waals surface area contributed by atoms with E-state index in [1.807, 2.05) is 0 Å². The molecule has 0 saturated heterocycles. The fourth-order valence-electron chi connectivity index (χ4n) is 3.24. The average molecular weight is 288 g/mol. The molecule has 0 spiro atoms. The molecule has 5 heteroatoms. The Kier molecular flexibility index (Phi) is 3.35. The van der Waals surface area contributed by atoms with Gasteiger partial charge in [0.15, 0.2) is 5.58 Å². The van der Waals surface area contributed by atoms with Crippen molar-refractivity contribution in [2.75, 3.05) is 5.32 Å². The van der Waals surface area contributed by atoms with Crippen LogP contribution in [0.1, 0.15) is 39.5 Å². The standard InChI is InChI=1S/C16H20N2O3/c1-16(2)8-4-3-5-11(16)14(19)17-10-6-7-13-12(9-10)18-15(20)21-13/h6-7,9,11H,3-5,8H2,1-2H3,(H,17,19)(H,18,20). The number of H-pyrrole nitrogens is 1. The monoisotopic (exact) mass is 288 g/mol. The van der Waals surface area contributed by atoms with Gasteiger partial charge in [-0.2, -0.15) is 0 Å². The number of rotatable bonds is 2. The second kappa shape index (κ2) is 5.06. The Morgan fingerprint density at radius 3 is 2.95 bits per heavy atom. The van der Waals surface area contributed by atoms with Gasteiger partial charge >= 0.3 is 5.76 Å². The van der Waals surface area contributed by atoms with Gasteiger partial charge < -0.3 is 9.73 Å². The van der Waals surface area contributed by atoms with Crippen molar-refractivity contribution in [3.8, 4) is 0 Å². The normalized spacial score (nSPS) is 21.3. The molecule has 1 aliphatic carbocycles. The third-order valence-electron chi connectivity index (χ3n) is 4.51. The number of nitrogens with one attached hydrogen (secondary N) is 2. The Morgan fingerprint density at radius 2 is 2.19 bits per heavy atom. The van der Waals surface area contributed by atoms with Crippen molar-refractivity contribution >= 4 is 22.7 Å². The SMILES string of the molecule is CC1(C)CCCCC1C(=O)Nc1ccc2oc(=O)[nH]c2c1. The minimum absolute atomic E-state index is 0.0327. The molecule has 1 aromatic carbocycles. The second-order valence-corrected chi connectivity index (χ2v) is 6.50. The van der Waals surface area contributed by atoms with Gasteiger partial charge in [0.2, 0.25) is 5.91 Å². The first-order chi connectivity index (χ1) is 9.95. The molecule has 1 aromatic heterocycles. The highest BCUT2D eigenvalue weighted by molar-refractivity contribution is 5.94. The second-order valence-electron chi connectivity index (χ2n) is 6.50. The topological polar surface area (TPSA) is 75.1 Å². The van der Waals surface area contributed by atoms with Crippen LogP contribution in [0.5, 0.6) is 0 Å². The van der Waals surface area contributed by atoms with E-state index in [4.69, 9.17) is 4.42 Å². The summed E-state index contributed by atoms with van der Waals surface area (Å²) in [5.74, 6) is -0.392. The Labute approximate surface area is 122 Å². The summed E-state index contributed by atoms with van der Waals surface area (Å²) in [6, 6.07) is 5.18. The first-order valence-corrected chi connectivity index (χ1v) is 7.39. The van der Waals surface area contributed by atoms with Gasteiger partial charge in [-0.15, -0.1) is 0 Å². The van der Waals surface area contributed by atoms with E-state index >= 15 is 0 Å². The molecule has 1 amide bonds. The van der Waals surface area contributed by atoms with Crippen LogP contribution in [0, 0.1) is 11.3 Å². The van der Waals surface area contributed by atoms with Crippen molar-refractivity contribution in [3.05, 3.63) is 28.7 Å². The highest BCUT2D eigenvalue weighted by atomic mass is 16.4. The molecular formula is C16H20N2O3. The minimum Gasteiger partial charge on any atom is -0.408 e. The molecule has 3 rings (SSSR count). The molecule has 2 N–H and O–H groups in total. The summed E-state index contributed by atoms with van der Waals surface area (Å²) in [5.41, 5.74) is 1.82. The average Bonchev–Trinajstić information content (AvgIpc) is 2.77. The van der Waals surface area contributed by atoms with E-state index in [0.717, 1.165) is 19.3 Å².